The topological polar surface area (TPSA) is 86.6 Å². The van der Waals surface area contributed by atoms with Crippen molar-refractivity contribution in [3.05, 3.63) is 23.8 Å². The molecule has 1 aromatic carbocycles. The number of amides is 1. The molecule has 0 unspecified atom stereocenters. The van der Waals surface area contributed by atoms with Crippen molar-refractivity contribution in [2.75, 3.05) is 5.32 Å². The van der Waals surface area contributed by atoms with Crippen LogP contribution in [-0.2, 0) is 4.79 Å². The van der Waals surface area contributed by atoms with Gasteiger partial charge in [0.2, 0.25) is 0 Å². The molecule has 3 N–H and O–H groups in total. The first-order chi connectivity index (χ1) is 7.73. The van der Waals surface area contributed by atoms with E-state index in [4.69, 9.17) is 5.11 Å². The lowest BCUT2D eigenvalue weighted by Gasteiger charge is -2.10. The van der Waals surface area contributed by atoms with Crippen molar-refractivity contribution >= 4 is 17.6 Å². The van der Waals surface area contributed by atoms with Crippen LogP contribution in [0, 0.1) is 0 Å². The molecule has 0 bridgehead atoms. The summed E-state index contributed by atoms with van der Waals surface area (Å²) in [5, 5.41) is 19.3. The Hall–Kier alpha value is -2.25. The molecule has 1 amide bonds. The fraction of sp³-hybridized carbons (Fsp3) is 0.111. The first-order valence-corrected chi connectivity index (χ1v) is 4.17. The van der Waals surface area contributed by atoms with Gasteiger partial charge in [-0.25, -0.2) is 4.79 Å². The summed E-state index contributed by atoms with van der Waals surface area (Å²) in [5.41, 5.74) is -1.22. The van der Waals surface area contributed by atoms with Gasteiger partial charge in [0.25, 0.3) is 0 Å². The number of carboxylic acids is 1. The number of nitrogens with one attached hydrogen (secondary N) is 1. The zero-order valence-electron chi connectivity index (χ0n) is 8.08. The fourth-order valence-electron chi connectivity index (χ4n) is 1.01. The number of carbonyl (C=O) groups excluding carboxylic acids is 1. The third-order valence-corrected chi connectivity index (χ3v) is 1.77. The summed E-state index contributed by atoms with van der Waals surface area (Å²) in [6, 6.07) is 3.03. The Bertz CT molecular complexity index is 470. The predicted octanol–water partition coefficient (Wildman–Crippen LogP) is 1.59. The van der Waals surface area contributed by atoms with Gasteiger partial charge in [-0.3, -0.25) is 4.79 Å². The molecule has 92 valence electrons. The van der Waals surface area contributed by atoms with Gasteiger partial charge >= 0.3 is 18.1 Å². The number of phenols is 1. The number of benzene rings is 1. The van der Waals surface area contributed by atoms with Gasteiger partial charge in [0.1, 0.15) is 5.56 Å². The number of anilines is 1. The smallest absolute Gasteiger partial charge is 0.471 e. The van der Waals surface area contributed by atoms with E-state index in [1.165, 1.54) is 5.32 Å². The molecule has 0 aliphatic carbocycles. The van der Waals surface area contributed by atoms with Crippen molar-refractivity contribution < 1.29 is 33.0 Å². The molecule has 0 aliphatic rings. The van der Waals surface area contributed by atoms with E-state index in [1.54, 1.807) is 0 Å². The van der Waals surface area contributed by atoms with E-state index in [-0.39, 0.29) is 0 Å². The third kappa shape index (κ3) is 2.86. The zero-order valence-corrected chi connectivity index (χ0v) is 8.08. The summed E-state index contributed by atoms with van der Waals surface area (Å²) < 4.78 is 35.7. The Morgan fingerprint density at radius 3 is 2.29 bits per heavy atom. The average Bonchev–Trinajstić information content (AvgIpc) is 2.19. The molecule has 0 saturated heterocycles. The van der Waals surface area contributed by atoms with Crippen molar-refractivity contribution in [1.29, 1.82) is 0 Å². The lowest BCUT2D eigenvalue weighted by atomic mass is 10.1. The summed E-state index contributed by atoms with van der Waals surface area (Å²) in [5.74, 6) is -4.75. The quantitative estimate of drug-likeness (QED) is 0.694. The highest BCUT2D eigenvalue weighted by Gasteiger charge is 2.39. The Morgan fingerprint density at radius 1 is 1.24 bits per heavy atom. The minimum absolute atomic E-state index is 0.607. The van der Waals surface area contributed by atoms with Gasteiger partial charge in [0.05, 0.1) is 5.69 Å². The second-order valence-electron chi connectivity index (χ2n) is 2.96. The highest BCUT2D eigenvalue weighted by atomic mass is 19.4. The van der Waals surface area contributed by atoms with Crippen LogP contribution in [0.15, 0.2) is 18.2 Å². The summed E-state index contributed by atoms with van der Waals surface area (Å²) >= 11 is 0. The van der Waals surface area contributed by atoms with E-state index >= 15 is 0 Å². The first kappa shape index (κ1) is 12.8. The number of carbonyl (C=O) groups is 2. The van der Waals surface area contributed by atoms with Gasteiger partial charge in [-0.1, -0.05) is 6.07 Å². The number of aromatic hydroxyl groups is 1. The molecule has 5 nitrogen and oxygen atoms in total. The molecule has 0 radical (unpaired) electrons. The van der Waals surface area contributed by atoms with Crippen molar-refractivity contribution in [2.45, 2.75) is 6.18 Å². The van der Waals surface area contributed by atoms with Gasteiger partial charge in [0.15, 0.2) is 5.75 Å². The van der Waals surface area contributed by atoms with E-state index in [0.29, 0.717) is 0 Å². The molecule has 0 heterocycles. The molecule has 0 aromatic heterocycles. The lowest BCUT2D eigenvalue weighted by molar-refractivity contribution is -0.167. The summed E-state index contributed by atoms with van der Waals surface area (Å²) in [6.45, 7) is 0. The van der Waals surface area contributed by atoms with Crippen LogP contribution in [0.2, 0.25) is 0 Å². The van der Waals surface area contributed by atoms with Crippen LogP contribution in [-0.4, -0.2) is 28.3 Å². The highest BCUT2D eigenvalue weighted by molar-refractivity contribution is 5.99. The standard InChI is InChI=1S/C9H6F3NO4/c10-9(11,12)8(17)13-5-3-1-2-4(6(5)14)7(15)16/h1-3,14H,(H,13,17)(H,15,16). The maximum absolute atomic E-state index is 11.9. The van der Waals surface area contributed by atoms with Crippen molar-refractivity contribution in [1.82, 2.24) is 0 Å². The monoisotopic (exact) mass is 249 g/mol. The number of para-hydroxylation sites is 1. The first-order valence-electron chi connectivity index (χ1n) is 4.17. The predicted molar refractivity (Wildman–Crippen MR) is 49.8 cm³/mol. The Balaban J connectivity index is 3.05. The molecular formula is C9H6F3NO4. The average molecular weight is 249 g/mol. The zero-order chi connectivity index (χ0) is 13.2. The van der Waals surface area contributed by atoms with Gasteiger partial charge in [-0.05, 0) is 12.1 Å². The largest absolute Gasteiger partial charge is 0.505 e. The molecule has 0 spiro atoms. The Morgan fingerprint density at radius 2 is 1.82 bits per heavy atom. The third-order valence-electron chi connectivity index (χ3n) is 1.77. The van der Waals surface area contributed by atoms with Crippen LogP contribution >= 0.6 is 0 Å². The lowest BCUT2D eigenvalue weighted by Crippen LogP contribution is -2.30. The summed E-state index contributed by atoms with van der Waals surface area (Å²) in [7, 11) is 0. The van der Waals surface area contributed by atoms with Gasteiger partial charge < -0.3 is 15.5 Å². The van der Waals surface area contributed by atoms with E-state index < -0.39 is 35.1 Å². The van der Waals surface area contributed by atoms with Crippen LogP contribution in [0.5, 0.6) is 5.75 Å². The molecule has 1 aromatic rings. The number of hydrogen-bond acceptors (Lipinski definition) is 3. The fourth-order valence-corrected chi connectivity index (χ4v) is 1.01. The summed E-state index contributed by atoms with van der Waals surface area (Å²) in [6.07, 6.45) is -5.12. The number of rotatable bonds is 2. The van der Waals surface area contributed by atoms with E-state index in [0.717, 1.165) is 18.2 Å². The number of aromatic carboxylic acids is 1. The minimum atomic E-state index is -5.12. The maximum Gasteiger partial charge on any atom is 0.471 e. The molecule has 0 saturated carbocycles. The molecule has 1 rings (SSSR count). The van der Waals surface area contributed by atoms with Crippen LogP contribution in [0.1, 0.15) is 10.4 Å². The molecular weight excluding hydrogens is 243 g/mol. The van der Waals surface area contributed by atoms with Crippen molar-refractivity contribution in [3.8, 4) is 5.75 Å². The van der Waals surface area contributed by atoms with E-state index in [2.05, 4.69) is 0 Å². The van der Waals surface area contributed by atoms with Gasteiger partial charge in [-0.2, -0.15) is 13.2 Å². The Labute approximate surface area is 92.5 Å². The number of hydrogen-bond donors (Lipinski definition) is 3. The molecule has 8 heteroatoms. The number of carboxylic acid groups (broad SMARTS) is 1. The van der Waals surface area contributed by atoms with Gasteiger partial charge in [-0.15, -0.1) is 0 Å². The van der Waals surface area contributed by atoms with Crippen molar-refractivity contribution in [3.63, 3.8) is 0 Å². The van der Waals surface area contributed by atoms with Crippen molar-refractivity contribution in [2.24, 2.45) is 0 Å². The molecule has 0 fully saturated rings. The van der Waals surface area contributed by atoms with Crippen LogP contribution in [0.3, 0.4) is 0 Å². The van der Waals surface area contributed by atoms with Crippen LogP contribution in [0.25, 0.3) is 0 Å². The normalized spacial score (nSPS) is 11.0. The molecule has 0 atom stereocenters. The minimum Gasteiger partial charge on any atom is -0.505 e. The number of halogens is 3. The van der Waals surface area contributed by atoms with Crippen LogP contribution < -0.4 is 5.32 Å². The van der Waals surface area contributed by atoms with E-state index in [1.807, 2.05) is 0 Å². The highest BCUT2D eigenvalue weighted by Crippen LogP contribution is 2.29. The van der Waals surface area contributed by atoms with Gasteiger partial charge in [0, 0.05) is 0 Å². The van der Waals surface area contributed by atoms with Crippen LogP contribution in [0.4, 0.5) is 18.9 Å². The second kappa shape index (κ2) is 4.32. The van der Waals surface area contributed by atoms with E-state index in [9.17, 15) is 27.9 Å². The summed E-state index contributed by atoms with van der Waals surface area (Å²) in [4.78, 5) is 21.1. The Kier molecular flexibility index (Phi) is 3.26. The SMILES string of the molecule is O=C(O)c1cccc(NC(=O)C(F)(F)F)c1O. The molecule has 17 heavy (non-hydrogen) atoms. The second-order valence-corrected chi connectivity index (χ2v) is 2.96. The maximum atomic E-state index is 11.9. The number of alkyl halides is 3. The molecule has 0 aliphatic heterocycles.